The molecule has 2 saturated heterocycles. The van der Waals surface area contributed by atoms with Crippen LogP contribution in [-0.4, -0.2) is 56.3 Å². The van der Waals surface area contributed by atoms with Gasteiger partial charge in [0.15, 0.2) is 0 Å². The SMILES string of the molecule is CC(=O)N[C@@H](CCN1[C@@H]2CC[C@H]1CC(n1c(C)nc3c1CN(C(C)=O)CC3)C2)c1ccccc1. The number of piperidine rings is 1. The number of nitrogens with zero attached hydrogens (tertiary/aromatic N) is 4. The maximum Gasteiger partial charge on any atom is 0.219 e. The third kappa shape index (κ3) is 4.50. The van der Waals surface area contributed by atoms with Crippen LogP contribution >= 0.6 is 0 Å². The molecule has 1 aromatic carbocycles. The van der Waals surface area contributed by atoms with Gasteiger partial charge in [-0.05, 0) is 44.6 Å². The van der Waals surface area contributed by atoms with Crippen LogP contribution in [0.25, 0.3) is 0 Å². The lowest BCUT2D eigenvalue weighted by molar-refractivity contribution is -0.129. The van der Waals surface area contributed by atoms with Crippen LogP contribution in [0.15, 0.2) is 30.3 Å². The van der Waals surface area contributed by atoms with Crippen LogP contribution < -0.4 is 5.32 Å². The number of carbonyl (C=O) groups excluding carboxylic acids is 2. The summed E-state index contributed by atoms with van der Waals surface area (Å²) in [7, 11) is 0. The normalized spacial score (nSPS) is 25.1. The van der Waals surface area contributed by atoms with Gasteiger partial charge in [-0.1, -0.05) is 30.3 Å². The molecule has 2 bridgehead atoms. The first kappa shape index (κ1) is 23.1. The molecule has 1 unspecified atom stereocenters. The van der Waals surface area contributed by atoms with Crippen LogP contribution in [0.5, 0.6) is 0 Å². The van der Waals surface area contributed by atoms with Crippen molar-refractivity contribution in [3.8, 4) is 0 Å². The molecule has 7 nitrogen and oxygen atoms in total. The first-order chi connectivity index (χ1) is 16.4. The van der Waals surface area contributed by atoms with Crippen molar-refractivity contribution >= 4 is 11.8 Å². The smallest absolute Gasteiger partial charge is 0.219 e. The molecule has 2 aromatic rings. The van der Waals surface area contributed by atoms with Gasteiger partial charge in [0.05, 0.1) is 24.0 Å². The van der Waals surface area contributed by atoms with Crippen molar-refractivity contribution in [2.45, 2.75) is 90.0 Å². The Hall–Kier alpha value is -2.67. The zero-order valence-electron chi connectivity index (χ0n) is 20.7. The molecule has 0 spiro atoms. The van der Waals surface area contributed by atoms with Gasteiger partial charge in [-0.3, -0.25) is 14.5 Å². The molecule has 0 saturated carbocycles. The Kier molecular flexibility index (Phi) is 6.47. The van der Waals surface area contributed by atoms with Gasteiger partial charge in [0.2, 0.25) is 11.8 Å². The fraction of sp³-hybridized carbons (Fsp3) is 0.593. The second-order valence-electron chi connectivity index (χ2n) is 10.3. The van der Waals surface area contributed by atoms with Crippen molar-refractivity contribution in [3.63, 3.8) is 0 Å². The Morgan fingerprint density at radius 3 is 2.44 bits per heavy atom. The van der Waals surface area contributed by atoms with E-state index >= 15 is 0 Å². The fourth-order valence-corrected chi connectivity index (χ4v) is 6.62. The molecule has 1 aromatic heterocycles. The maximum atomic E-state index is 12.0. The minimum Gasteiger partial charge on any atom is -0.349 e. The highest BCUT2D eigenvalue weighted by Crippen LogP contribution is 2.43. The van der Waals surface area contributed by atoms with Crippen molar-refractivity contribution in [3.05, 3.63) is 53.1 Å². The summed E-state index contributed by atoms with van der Waals surface area (Å²) in [6.45, 7) is 7.87. The molecule has 5 rings (SSSR count). The van der Waals surface area contributed by atoms with E-state index in [0.717, 1.165) is 44.6 Å². The van der Waals surface area contributed by atoms with Crippen molar-refractivity contribution in [2.75, 3.05) is 13.1 Å². The van der Waals surface area contributed by atoms with Crippen LogP contribution in [0.3, 0.4) is 0 Å². The van der Waals surface area contributed by atoms with E-state index < -0.39 is 0 Å². The summed E-state index contributed by atoms with van der Waals surface area (Å²) in [6, 6.07) is 12.0. The number of fused-ring (bicyclic) bond motifs is 3. The Morgan fingerprint density at radius 1 is 1.09 bits per heavy atom. The Bertz CT molecular complexity index is 1030. The van der Waals surface area contributed by atoms with E-state index in [4.69, 9.17) is 4.98 Å². The van der Waals surface area contributed by atoms with Gasteiger partial charge >= 0.3 is 0 Å². The first-order valence-corrected chi connectivity index (χ1v) is 12.8. The lowest BCUT2D eigenvalue weighted by Crippen LogP contribution is -2.45. The van der Waals surface area contributed by atoms with E-state index in [0.29, 0.717) is 24.7 Å². The second kappa shape index (κ2) is 9.53. The van der Waals surface area contributed by atoms with E-state index in [1.165, 1.54) is 29.8 Å². The molecular formula is C27H37N5O2. The minimum atomic E-state index is 0.0236. The number of aromatic nitrogens is 2. The lowest BCUT2D eigenvalue weighted by Gasteiger charge is -2.41. The number of amides is 2. The van der Waals surface area contributed by atoms with Crippen molar-refractivity contribution < 1.29 is 9.59 Å². The lowest BCUT2D eigenvalue weighted by atomic mass is 9.95. The topological polar surface area (TPSA) is 70.5 Å². The molecule has 34 heavy (non-hydrogen) atoms. The predicted octanol–water partition coefficient (Wildman–Crippen LogP) is 3.53. The van der Waals surface area contributed by atoms with Gasteiger partial charge < -0.3 is 14.8 Å². The quantitative estimate of drug-likeness (QED) is 0.712. The second-order valence-corrected chi connectivity index (χ2v) is 10.3. The number of carbonyl (C=O) groups is 2. The van der Waals surface area contributed by atoms with E-state index in [2.05, 4.69) is 33.8 Å². The largest absolute Gasteiger partial charge is 0.349 e. The maximum absolute atomic E-state index is 12.0. The summed E-state index contributed by atoms with van der Waals surface area (Å²) >= 11 is 0. The first-order valence-electron chi connectivity index (χ1n) is 12.8. The van der Waals surface area contributed by atoms with Crippen LogP contribution in [0.4, 0.5) is 0 Å². The molecule has 3 aliphatic heterocycles. The molecule has 7 heteroatoms. The van der Waals surface area contributed by atoms with Crippen LogP contribution in [0.2, 0.25) is 0 Å². The molecular weight excluding hydrogens is 426 g/mol. The fourth-order valence-electron chi connectivity index (χ4n) is 6.62. The number of rotatable bonds is 6. The van der Waals surface area contributed by atoms with E-state index in [9.17, 15) is 9.59 Å². The average Bonchev–Trinajstić information content (AvgIpc) is 3.27. The molecule has 4 heterocycles. The molecule has 0 radical (unpaired) electrons. The molecule has 1 N–H and O–H groups in total. The number of aryl methyl sites for hydroxylation is 1. The zero-order chi connectivity index (χ0) is 23.8. The van der Waals surface area contributed by atoms with Crippen LogP contribution in [-0.2, 0) is 22.6 Å². The minimum absolute atomic E-state index is 0.0236. The van der Waals surface area contributed by atoms with Gasteiger partial charge in [-0.25, -0.2) is 4.98 Å². The van der Waals surface area contributed by atoms with Gasteiger partial charge in [0, 0.05) is 51.5 Å². The van der Waals surface area contributed by atoms with Crippen LogP contribution in [0.1, 0.15) is 80.8 Å². The van der Waals surface area contributed by atoms with E-state index in [1.807, 2.05) is 23.1 Å². The molecule has 2 fully saturated rings. The average molecular weight is 464 g/mol. The van der Waals surface area contributed by atoms with Crippen molar-refractivity contribution in [1.29, 1.82) is 0 Å². The monoisotopic (exact) mass is 463 g/mol. The van der Waals surface area contributed by atoms with Gasteiger partial charge in [0.25, 0.3) is 0 Å². The van der Waals surface area contributed by atoms with Gasteiger partial charge in [0.1, 0.15) is 5.82 Å². The Labute approximate surface area is 202 Å². The molecule has 4 atom stereocenters. The number of nitrogens with one attached hydrogen (secondary N) is 1. The number of hydrogen-bond acceptors (Lipinski definition) is 4. The Morgan fingerprint density at radius 2 is 1.79 bits per heavy atom. The zero-order valence-corrected chi connectivity index (χ0v) is 20.7. The third-order valence-corrected chi connectivity index (χ3v) is 8.15. The number of imidazole rings is 1. The summed E-state index contributed by atoms with van der Waals surface area (Å²) in [4.78, 5) is 33.4. The van der Waals surface area contributed by atoms with E-state index in [-0.39, 0.29) is 17.9 Å². The molecule has 182 valence electrons. The summed E-state index contributed by atoms with van der Waals surface area (Å²) in [5, 5.41) is 3.16. The highest BCUT2D eigenvalue weighted by Gasteiger charge is 2.42. The number of hydrogen-bond donors (Lipinski definition) is 1. The number of benzene rings is 1. The molecule has 2 amide bonds. The third-order valence-electron chi connectivity index (χ3n) is 8.15. The van der Waals surface area contributed by atoms with Gasteiger partial charge in [-0.2, -0.15) is 0 Å². The van der Waals surface area contributed by atoms with E-state index in [1.54, 1.807) is 13.8 Å². The highest BCUT2D eigenvalue weighted by molar-refractivity contribution is 5.73. The standard InChI is InChI=1S/C27H37N5O2/c1-18-28-26-11-13-30(20(3)34)17-27(26)32(18)24-15-22-9-10-23(16-24)31(22)14-12-25(29-19(2)33)21-7-5-4-6-8-21/h4-8,22-25H,9-17H2,1-3H3,(H,29,33)/t22-,23+,24?,25-/m0/s1. The molecule has 0 aliphatic carbocycles. The van der Waals surface area contributed by atoms with Crippen molar-refractivity contribution in [1.82, 2.24) is 24.7 Å². The summed E-state index contributed by atoms with van der Waals surface area (Å²) in [5.41, 5.74) is 3.62. The summed E-state index contributed by atoms with van der Waals surface area (Å²) in [5.74, 6) is 1.27. The van der Waals surface area contributed by atoms with Gasteiger partial charge in [-0.15, -0.1) is 0 Å². The molecule has 3 aliphatic rings. The predicted molar refractivity (Wildman–Crippen MR) is 131 cm³/mol. The van der Waals surface area contributed by atoms with Crippen LogP contribution in [0, 0.1) is 6.92 Å². The summed E-state index contributed by atoms with van der Waals surface area (Å²) in [6.07, 6.45) is 6.54. The summed E-state index contributed by atoms with van der Waals surface area (Å²) < 4.78 is 2.47. The Balaban J connectivity index is 1.28. The van der Waals surface area contributed by atoms with Crippen molar-refractivity contribution in [2.24, 2.45) is 0 Å². The highest BCUT2D eigenvalue weighted by atomic mass is 16.2.